The Morgan fingerprint density at radius 2 is 0.889 bits per heavy atom. The molecule has 0 bridgehead atoms. The largest absolute Gasteiger partial charge is 0.481 e. The van der Waals surface area contributed by atoms with Gasteiger partial charge >= 0.3 is 17.9 Å². The molecule has 0 saturated heterocycles. The zero-order valence-corrected chi connectivity index (χ0v) is 21.8. The van der Waals surface area contributed by atoms with Gasteiger partial charge in [-0.3, -0.25) is 14.4 Å². The monoisotopic (exact) mass is 514 g/mol. The van der Waals surface area contributed by atoms with Crippen LogP contribution in [0.4, 0.5) is 0 Å². The van der Waals surface area contributed by atoms with Crippen LogP contribution in [0, 0.1) is 0 Å². The van der Waals surface area contributed by atoms with Crippen LogP contribution >= 0.6 is 0 Å². The second-order valence-electron chi connectivity index (χ2n) is 9.38. The molecule has 208 valence electrons. The van der Waals surface area contributed by atoms with Gasteiger partial charge in [0.05, 0.1) is 0 Å². The van der Waals surface area contributed by atoms with E-state index in [-0.39, 0.29) is 25.7 Å². The van der Waals surface area contributed by atoms with Gasteiger partial charge in [0.15, 0.2) is 0 Å². The molecular weight excluding hydrogens is 468 g/mol. The van der Waals surface area contributed by atoms with Crippen LogP contribution in [0.2, 0.25) is 0 Å². The molecule has 0 aliphatic heterocycles. The maximum Gasteiger partial charge on any atom is 0.326 e. The Kier molecular flexibility index (Phi) is 20.0. The van der Waals surface area contributed by atoms with E-state index in [1.807, 2.05) is 0 Å². The first-order chi connectivity index (χ1) is 17.2. The molecular formula is C26H46N2O8. The normalized spacial score (nSPS) is 12.5. The van der Waals surface area contributed by atoms with Gasteiger partial charge in [-0.05, 0) is 19.3 Å². The Hall–Kier alpha value is -2.65. The summed E-state index contributed by atoms with van der Waals surface area (Å²) in [5.41, 5.74) is 0. The van der Waals surface area contributed by atoms with Crippen molar-refractivity contribution in [1.29, 1.82) is 0 Å². The summed E-state index contributed by atoms with van der Waals surface area (Å²) in [5, 5.41) is 31.7. The molecule has 2 atom stereocenters. The van der Waals surface area contributed by atoms with E-state index in [4.69, 9.17) is 10.2 Å². The minimum Gasteiger partial charge on any atom is -0.481 e. The molecule has 0 aliphatic carbocycles. The van der Waals surface area contributed by atoms with E-state index in [0.29, 0.717) is 6.42 Å². The summed E-state index contributed by atoms with van der Waals surface area (Å²) in [5.74, 6) is -4.94. The predicted molar refractivity (Wildman–Crippen MR) is 136 cm³/mol. The van der Waals surface area contributed by atoms with Gasteiger partial charge in [0.25, 0.3) is 0 Å². The smallest absolute Gasteiger partial charge is 0.326 e. The van der Waals surface area contributed by atoms with Gasteiger partial charge in [0.1, 0.15) is 12.1 Å². The summed E-state index contributed by atoms with van der Waals surface area (Å²) in [7, 11) is 0. The van der Waals surface area contributed by atoms with Gasteiger partial charge in [0.2, 0.25) is 11.8 Å². The molecule has 5 N–H and O–H groups in total. The average molecular weight is 515 g/mol. The lowest BCUT2D eigenvalue weighted by Crippen LogP contribution is -2.44. The quantitative estimate of drug-likeness (QED) is 0.119. The van der Waals surface area contributed by atoms with Crippen LogP contribution in [-0.4, -0.2) is 57.1 Å². The van der Waals surface area contributed by atoms with E-state index >= 15 is 0 Å². The van der Waals surface area contributed by atoms with Crippen LogP contribution in [0.3, 0.4) is 0 Å². The van der Waals surface area contributed by atoms with Gasteiger partial charge < -0.3 is 26.0 Å². The fourth-order valence-corrected chi connectivity index (χ4v) is 3.89. The second-order valence-corrected chi connectivity index (χ2v) is 9.38. The molecule has 0 aromatic heterocycles. The number of unbranched alkanes of at least 4 members (excludes halogenated alkanes) is 12. The summed E-state index contributed by atoms with van der Waals surface area (Å²) in [4.78, 5) is 57.3. The second kappa shape index (κ2) is 21.6. The highest BCUT2D eigenvalue weighted by molar-refractivity contribution is 5.86. The van der Waals surface area contributed by atoms with Crippen molar-refractivity contribution in [2.24, 2.45) is 0 Å². The molecule has 0 aromatic carbocycles. The number of amides is 2. The van der Waals surface area contributed by atoms with Gasteiger partial charge in [-0.1, -0.05) is 84.0 Å². The third kappa shape index (κ3) is 19.6. The van der Waals surface area contributed by atoms with Crippen LogP contribution in [0.1, 0.15) is 122 Å². The number of aliphatic carboxylic acids is 3. The minimum absolute atomic E-state index is 0.198. The molecule has 10 heteroatoms. The van der Waals surface area contributed by atoms with Crippen LogP contribution in [0.25, 0.3) is 0 Å². The molecule has 0 fully saturated rings. The van der Waals surface area contributed by atoms with Crippen molar-refractivity contribution in [2.75, 3.05) is 0 Å². The van der Waals surface area contributed by atoms with Crippen molar-refractivity contribution in [3.63, 3.8) is 0 Å². The van der Waals surface area contributed by atoms with Crippen molar-refractivity contribution in [3.05, 3.63) is 0 Å². The fraction of sp³-hybridized carbons (Fsp3) is 0.808. The van der Waals surface area contributed by atoms with Crippen LogP contribution in [0.5, 0.6) is 0 Å². The first-order valence-corrected chi connectivity index (χ1v) is 13.4. The van der Waals surface area contributed by atoms with Crippen molar-refractivity contribution in [1.82, 2.24) is 10.6 Å². The maximum absolute atomic E-state index is 12.1. The van der Waals surface area contributed by atoms with E-state index in [1.165, 1.54) is 57.8 Å². The lowest BCUT2D eigenvalue weighted by molar-refractivity contribution is -0.144. The third-order valence-corrected chi connectivity index (χ3v) is 6.08. The van der Waals surface area contributed by atoms with E-state index in [0.717, 1.165) is 19.3 Å². The first kappa shape index (κ1) is 33.4. The van der Waals surface area contributed by atoms with Gasteiger partial charge in [-0.25, -0.2) is 9.59 Å². The SMILES string of the molecule is CCCCCCCCCCCCCCCC(=O)N[C@@H](CCC(=O)N[C@@H](CCC(=O)O)C(=O)O)C(=O)O. The summed E-state index contributed by atoms with van der Waals surface area (Å²) < 4.78 is 0. The van der Waals surface area contributed by atoms with Crippen molar-refractivity contribution in [2.45, 2.75) is 135 Å². The lowest BCUT2D eigenvalue weighted by Gasteiger charge is -2.16. The Morgan fingerprint density at radius 1 is 0.528 bits per heavy atom. The van der Waals surface area contributed by atoms with E-state index in [9.17, 15) is 29.1 Å². The summed E-state index contributed by atoms with van der Waals surface area (Å²) >= 11 is 0. The number of carboxylic acid groups (broad SMARTS) is 3. The molecule has 0 unspecified atom stereocenters. The number of carbonyl (C=O) groups is 5. The van der Waals surface area contributed by atoms with E-state index in [1.54, 1.807) is 0 Å². The molecule has 0 spiro atoms. The number of carboxylic acids is 3. The van der Waals surface area contributed by atoms with Crippen LogP contribution in [-0.2, 0) is 24.0 Å². The average Bonchev–Trinajstić information content (AvgIpc) is 2.81. The molecule has 0 saturated carbocycles. The molecule has 0 radical (unpaired) electrons. The molecule has 2 amide bonds. The number of hydrogen-bond acceptors (Lipinski definition) is 5. The summed E-state index contributed by atoms with van der Waals surface area (Å²) in [6.45, 7) is 2.22. The fourth-order valence-electron chi connectivity index (χ4n) is 3.89. The van der Waals surface area contributed by atoms with E-state index in [2.05, 4.69) is 17.6 Å². The number of rotatable bonds is 24. The van der Waals surface area contributed by atoms with Crippen LogP contribution < -0.4 is 10.6 Å². The zero-order chi connectivity index (χ0) is 27.2. The van der Waals surface area contributed by atoms with Crippen LogP contribution in [0.15, 0.2) is 0 Å². The molecule has 0 aromatic rings. The number of carbonyl (C=O) groups excluding carboxylic acids is 2. The Labute approximate surface area is 214 Å². The van der Waals surface area contributed by atoms with Gasteiger partial charge in [-0.15, -0.1) is 0 Å². The highest BCUT2D eigenvalue weighted by Gasteiger charge is 2.24. The minimum atomic E-state index is -1.37. The predicted octanol–water partition coefficient (Wildman–Crippen LogP) is 4.25. The Bertz CT molecular complexity index is 668. The molecule has 0 rings (SSSR count). The van der Waals surface area contributed by atoms with Gasteiger partial charge in [-0.2, -0.15) is 0 Å². The summed E-state index contributed by atoms with van der Waals surface area (Å²) in [6, 6.07) is -2.63. The first-order valence-electron chi connectivity index (χ1n) is 13.4. The standard InChI is InChI=1S/C26H46N2O8/c1-2-3-4-5-6-7-8-9-10-11-12-13-14-15-22(29)27-20(25(33)34)16-18-23(30)28-21(26(35)36)17-19-24(31)32/h20-21H,2-19H2,1H3,(H,27,29)(H,28,30)(H,31,32)(H,33,34)(H,35,36)/t20-,21-/m0/s1. The Balaban J connectivity index is 4.01. The van der Waals surface area contributed by atoms with Crippen molar-refractivity contribution >= 4 is 29.7 Å². The van der Waals surface area contributed by atoms with Gasteiger partial charge in [0, 0.05) is 19.3 Å². The van der Waals surface area contributed by atoms with Crippen molar-refractivity contribution < 1.29 is 39.3 Å². The number of nitrogens with one attached hydrogen (secondary N) is 2. The zero-order valence-electron chi connectivity index (χ0n) is 21.8. The Morgan fingerprint density at radius 3 is 1.28 bits per heavy atom. The maximum atomic E-state index is 12.1. The molecule has 10 nitrogen and oxygen atoms in total. The van der Waals surface area contributed by atoms with E-state index < -0.39 is 48.2 Å². The lowest BCUT2D eigenvalue weighted by atomic mass is 10.0. The third-order valence-electron chi connectivity index (χ3n) is 6.08. The van der Waals surface area contributed by atoms with Crippen molar-refractivity contribution in [3.8, 4) is 0 Å². The summed E-state index contributed by atoms with van der Waals surface area (Å²) in [6.07, 6.45) is 14.4. The molecule has 0 aliphatic rings. The molecule has 36 heavy (non-hydrogen) atoms. The topological polar surface area (TPSA) is 170 Å². The number of hydrogen-bond donors (Lipinski definition) is 5. The highest BCUT2D eigenvalue weighted by Crippen LogP contribution is 2.13. The highest BCUT2D eigenvalue weighted by atomic mass is 16.4. The molecule has 0 heterocycles.